The molecule has 4 nitrogen and oxygen atoms in total. The van der Waals surface area contributed by atoms with Gasteiger partial charge in [-0.2, -0.15) is 0 Å². The first-order valence-corrected chi connectivity index (χ1v) is 9.75. The summed E-state index contributed by atoms with van der Waals surface area (Å²) < 4.78 is 0. The highest BCUT2D eigenvalue weighted by Crippen LogP contribution is 2.39. The zero-order chi connectivity index (χ0) is 17.2. The SMILES string of the molecule is O=C(CCC1CCCCC1)N=C1C=CC2C(=C1)NC(=O)C1=C2CCC1. The first-order valence-electron chi connectivity index (χ1n) is 9.75. The van der Waals surface area contributed by atoms with E-state index in [4.69, 9.17) is 0 Å². The van der Waals surface area contributed by atoms with Crippen LogP contribution in [-0.2, 0) is 9.59 Å². The fraction of sp³-hybridized carbons (Fsp3) is 0.571. The number of carbonyl (C=O) groups excluding carboxylic acids is 2. The third-order valence-corrected chi connectivity index (χ3v) is 6.01. The summed E-state index contributed by atoms with van der Waals surface area (Å²) in [5.74, 6) is 0.871. The molecule has 1 fully saturated rings. The van der Waals surface area contributed by atoms with E-state index in [0.29, 0.717) is 18.1 Å². The third kappa shape index (κ3) is 3.53. The van der Waals surface area contributed by atoms with Crippen molar-refractivity contribution in [1.29, 1.82) is 0 Å². The maximum Gasteiger partial charge on any atom is 0.251 e. The second-order valence-corrected chi connectivity index (χ2v) is 7.72. The summed E-state index contributed by atoms with van der Waals surface area (Å²) in [4.78, 5) is 28.7. The Morgan fingerprint density at radius 3 is 2.84 bits per heavy atom. The average molecular weight is 338 g/mol. The fourth-order valence-corrected chi connectivity index (χ4v) is 4.66. The van der Waals surface area contributed by atoms with E-state index in [1.807, 2.05) is 12.2 Å². The van der Waals surface area contributed by atoms with Gasteiger partial charge in [-0.1, -0.05) is 38.2 Å². The molecule has 0 aromatic carbocycles. The number of hydrogen-bond donors (Lipinski definition) is 1. The highest BCUT2D eigenvalue weighted by molar-refractivity contribution is 6.11. The average Bonchev–Trinajstić information content (AvgIpc) is 3.11. The minimum atomic E-state index is -0.0385. The van der Waals surface area contributed by atoms with E-state index < -0.39 is 0 Å². The predicted octanol–water partition coefficient (Wildman–Crippen LogP) is 3.99. The van der Waals surface area contributed by atoms with Crippen molar-refractivity contribution >= 4 is 17.5 Å². The van der Waals surface area contributed by atoms with Crippen LogP contribution in [-0.4, -0.2) is 17.5 Å². The van der Waals surface area contributed by atoms with Crippen molar-refractivity contribution in [2.75, 3.05) is 0 Å². The largest absolute Gasteiger partial charge is 0.325 e. The number of allylic oxidation sites excluding steroid dienone is 3. The Bertz CT molecular complexity index is 705. The van der Waals surface area contributed by atoms with Crippen molar-refractivity contribution < 1.29 is 9.59 Å². The summed E-state index contributed by atoms with van der Waals surface area (Å²) >= 11 is 0. The van der Waals surface area contributed by atoms with Crippen LogP contribution in [0.4, 0.5) is 0 Å². The van der Waals surface area contributed by atoms with Gasteiger partial charge in [-0.3, -0.25) is 9.59 Å². The number of aliphatic imine (C=N–C) groups is 1. The van der Waals surface area contributed by atoms with Crippen molar-refractivity contribution in [1.82, 2.24) is 5.32 Å². The van der Waals surface area contributed by atoms with E-state index in [1.165, 1.54) is 37.7 Å². The van der Waals surface area contributed by atoms with E-state index in [9.17, 15) is 9.59 Å². The lowest BCUT2D eigenvalue weighted by molar-refractivity contribution is -0.118. The van der Waals surface area contributed by atoms with Crippen LogP contribution < -0.4 is 5.32 Å². The van der Waals surface area contributed by atoms with Crippen LogP contribution in [0.15, 0.2) is 40.1 Å². The van der Waals surface area contributed by atoms with Gasteiger partial charge in [0.15, 0.2) is 0 Å². The number of carbonyl (C=O) groups is 2. The molecular formula is C21H26N2O2. The van der Waals surface area contributed by atoms with Crippen LogP contribution in [0.3, 0.4) is 0 Å². The van der Waals surface area contributed by atoms with Crippen LogP contribution in [0.5, 0.6) is 0 Å². The number of amides is 2. The lowest BCUT2D eigenvalue weighted by atomic mass is 9.85. The minimum Gasteiger partial charge on any atom is -0.325 e. The van der Waals surface area contributed by atoms with E-state index in [2.05, 4.69) is 16.4 Å². The Labute approximate surface area is 149 Å². The molecule has 0 bridgehead atoms. The quantitative estimate of drug-likeness (QED) is 0.846. The normalized spacial score (nSPS) is 27.8. The van der Waals surface area contributed by atoms with E-state index >= 15 is 0 Å². The van der Waals surface area contributed by atoms with Gasteiger partial charge >= 0.3 is 0 Å². The molecule has 1 saturated carbocycles. The molecule has 4 rings (SSSR count). The van der Waals surface area contributed by atoms with Crippen LogP contribution in [0.2, 0.25) is 0 Å². The standard InChI is InChI=1S/C21H26N2O2/c24-20(12-9-14-5-2-1-3-6-14)22-15-10-11-17-16-7-4-8-18(16)21(25)23-19(17)13-15/h10-11,13-14,17H,1-9,12H2,(H,23,25). The monoisotopic (exact) mass is 338 g/mol. The van der Waals surface area contributed by atoms with Crippen molar-refractivity contribution in [2.24, 2.45) is 16.8 Å². The topological polar surface area (TPSA) is 58.5 Å². The Morgan fingerprint density at radius 1 is 1.16 bits per heavy atom. The van der Waals surface area contributed by atoms with Crippen molar-refractivity contribution in [2.45, 2.75) is 64.2 Å². The minimum absolute atomic E-state index is 0.0354. The molecule has 1 aliphatic heterocycles. The maximum atomic E-state index is 12.2. The van der Waals surface area contributed by atoms with E-state index in [0.717, 1.165) is 37.0 Å². The summed E-state index contributed by atoms with van der Waals surface area (Å²) in [7, 11) is 0. The first kappa shape index (κ1) is 16.5. The van der Waals surface area contributed by atoms with Crippen LogP contribution in [0.25, 0.3) is 0 Å². The lowest BCUT2D eigenvalue weighted by Crippen LogP contribution is -2.35. The molecule has 0 spiro atoms. The number of hydrogen-bond acceptors (Lipinski definition) is 2. The third-order valence-electron chi connectivity index (χ3n) is 6.01. The summed E-state index contributed by atoms with van der Waals surface area (Å²) in [5, 5.41) is 3.00. The molecule has 3 aliphatic carbocycles. The highest BCUT2D eigenvalue weighted by Gasteiger charge is 2.34. The Hall–Kier alpha value is -1.97. The van der Waals surface area contributed by atoms with Gasteiger partial charge in [0.2, 0.25) is 5.91 Å². The summed E-state index contributed by atoms with van der Waals surface area (Å²) in [6, 6.07) is 0. The summed E-state index contributed by atoms with van der Waals surface area (Å²) in [5.41, 5.74) is 3.78. The fourth-order valence-electron chi connectivity index (χ4n) is 4.66. The molecule has 0 aromatic rings. The smallest absolute Gasteiger partial charge is 0.251 e. The Morgan fingerprint density at radius 2 is 2.00 bits per heavy atom. The first-order chi connectivity index (χ1) is 12.2. The zero-order valence-electron chi connectivity index (χ0n) is 14.7. The number of nitrogens with zero attached hydrogens (tertiary/aromatic N) is 1. The number of rotatable bonds is 3. The van der Waals surface area contributed by atoms with E-state index in [-0.39, 0.29) is 17.7 Å². The van der Waals surface area contributed by atoms with Gasteiger partial charge in [0.05, 0.1) is 5.71 Å². The molecular weight excluding hydrogens is 312 g/mol. The second kappa shape index (κ2) is 7.11. The molecule has 1 unspecified atom stereocenters. The van der Waals surface area contributed by atoms with Crippen LogP contribution in [0, 0.1) is 11.8 Å². The molecule has 25 heavy (non-hydrogen) atoms. The summed E-state index contributed by atoms with van der Waals surface area (Å²) in [6.07, 6.45) is 16.8. The molecule has 132 valence electrons. The van der Waals surface area contributed by atoms with Gasteiger partial charge in [-0.25, -0.2) is 4.99 Å². The van der Waals surface area contributed by atoms with Crippen molar-refractivity contribution in [3.05, 3.63) is 35.1 Å². The highest BCUT2D eigenvalue weighted by atomic mass is 16.2. The Kier molecular flexibility index (Phi) is 4.69. The predicted molar refractivity (Wildman–Crippen MR) is 98.0 cm³/mol. The Balaban J connectivity index is 1.41. The molecule has 0 radical (unpaired) electrons. The van der Waals surface area contributed by atoms with Gasteiger partial charge in [-0.05, 0) is 49.3 Å². The summed E-state index contributed by atoms with van der Waals surface area (Å²) in [6.45, 7) is 0. The van der Waals surface area contributed by atoms with Gasteiger partial charge < -0.3 is 5.32 Å². The van der Waals surface area contributed by atoms with E-state index in [1.54, 1.807) is 0 Å². The van der Waals surface area contributed by atoms with Crippen molar-refractivity contribution in [3.63, 3.8) is 0 Å². The van der Waals surface area contributed by atoms with Crippen LogP contribution in [0.1, 0.15) is 64.2 Å². The molecule has 4 aliphatic rings. The molecule has 0 saturated heterocycles. The van der Waals surface area contributed by atoms with Crippen molar-refractivity contribution in [3.8, 4) is 0 Å². The molecule has 1 N–H and O–H groups in total. The van der Waals surface area contributed by atoms with Gasteiger partial charge in [0, 0.05) is 23.6 Å². The van der Waals surface area contributed by atoms with Gasteiger partial charge in [0.1, 0.15) is 0 Å². The lowest BCUT2D eigenvalue weighted by Gasteiger charge is -2.28. The molecule has 2 amide bonds. The zero-order valence-corrected chi connectivity index (χ0v) is 14.7. The van der Waals surface area contributed by atoms with Gasteiger partial charge in [0.25, 0.3) is 5.91 Å². The molecule has 1 heterocycles. The number of nitrogens with one attached hydrogen (secondary N) is 1. The maximum absolute atomic E-state index is 12.2. The molecule has 1 atom stereocenters. The second-order valence-electron chi connectivity index (χ2n) is 7.72. The van der Waals surface area contributed by atoms with Gasteiger partial charge in [-0.15, -0.1) is 0 Å². The van der Waals surface area contributed by atoms with Crippen LogP contribution >= 0.6 is 0 Å². The number of fused-ring (bicyclic) bond motifs is 2. The molecule has 0 aromatic heterocycles. The molecule has 4 heteroatoms.